The average Bonchev–Trinajstić information content (AvgIpc) is 2.97. The Bertz CT molecular complexity index is 435. The number of nitrogens with zero attached hydrogens (tertiary/aromatic N) is 2. The molecule has 1 unspecified atom stereocenters. The minimum Gasteiger partial charge on any atom is -0.476 e. The van der Waals surface area contributed by atoms with Crippen molar-refractivity contribution in [2.45, 2.75) is 38.1 Å². The molecule has 5 nitrogen and oxygen atoms in total. The summed E-state index contributed by atoms with van der Waals surface area (Å²) in [6.07, 6.45) is 7.92. The Labute approximate surface area is 99.8 Å². The van der Waals surface area contributed by atoms with Gasteiger partial charge < -0.3 is 15.0 Å². The van der Waals surface area contributed by atoms with Crippen molar-refractivity contribution in [2.24, 2.45) is 5.92 Å². The van der Waals surface area contributed by atoms with Crippen LogP contribution in [-0.2, 0) is 0 Å². The summed E-state index contributed by atoms with van der Waals surface area (Å²) in [5.74, 6) is 0.483. The smallest absolute Gasteiger partial charge is 0.356 e. The molecule has 1 saturated carbocycles. The van der Waals surface area contributed by atoms with Gasteiger partial charge in [-0.05, 0) is 25.2 Å². The number of aromatic nitrogens is 2. The van der Waals surface area contributed by atoms with Gasteiger partial charge in [0.15, 0.2) is 5.69 Å². The van der Waals surface area contributed by atoms with Crippen LogP contribution in [0.1, 0.15) is 48.6 Å². The summed E-state index contributed by atoms with van der Waals surface area (Å²) in [5, 5.41) is 12.2. The van der Waals surface area contributed by atoms with Crippen LogP contribution in [0.5, 0.6) is 0 Å². The van der Waals surface area contributed by atoms with E-state index in [1.54, 1.807) is 6.20 Å². The van der Waals surface area contributed by atoms with E-state index in [4.69, 9.17) is 5.11 Å². The first-order valence-corrected chi connectivity index (χ1v) is 6.32. The molecule has 1 aliphatic heterocycles. The first-order valence-electron chi connectivity index (χ1n) is 6.32. The number of carboxylic acids is 1. The van der Waals surface area contributed by atoms with E-state index < -0.39 is 5.97 Å². The zero-order valence-electron chi connectivity index (χ0n) is 9.72. The van der Waals surface area contributed by atoms with Crippen LogP contribution in [0.3, 0.4) is 0 Å². The molecule has 1 aromatic heterocycles. The normalized spacial score (nSPS) is 24.4. The summed E-state index contributed by atoms with van der Waals surface area (Å²) in [4.78, 5) is 15.1. The molecule has 0 radical (unpaired) electrons. The van der Waals surface area contributed by atoms with Gasteiger partial charge >= 0.3 is 5.97 Å². The van der Waals surface area contributed by atoms with E-state index in [2.05, 4.69) is 10.3 Å². The van der Waals surface area contributed by atoms with E-state index in [1.165, 1.54) is 25.7 Å². The summed E-state index contributed by atoms with van der Waals surface area (Å²) in [5.41, 5.74) is 0.150. The monoisotopic (exact) mass is 235 g/mol. The molecule has 1 aromatic rings. The zero-order chi connectivity index (χ0) is 11.8. The third-order valence-electron chi connectivity index (χ3n) is 3.98. The molecule has 5 heteroatoms. The first-order chi connectivity index (χ1) is 8.25. The molecule has 2 N–H and O–H groups in total. The Kier molecular flexibility index (Phi) is 2.53. The highest BCUT2D eigenvalue weighted by Gasteiger charge is 2.31. The molecule has 0 saturated heterocycles. The van der Waals surface area contributed by atoms with Crippen molar-refractivity contribution in [3.05, 3.63) is 11.9 Å². The van der Waals surface area contributed by atoms with Crippen LogP contribution < -0.4 is 5.32 Å². The van der Waals surface area contributed by atoms with Gasteiger partial charge in [-0.15, -0.1) is 0 Å². The zero-order valence-corrected chi connectivity index (χ0v) is 9.72. The fourth-order valence-corrected chi connectivity index (χ4v) is 3.16. The van der Waals surface area contributed by atoms with Crippen molar-refractivity contribution in [1.82, 2.24) is 9.55 Å². The number of rotatable bonds is 2. The molecule has 1 aliphatic carbocycles. The molecule has 0 spiro atoms. The van der Waals surface area contributed by atoms with Crippen LogP contribution in [-0.4, -0.2) is 27.2 Å². The van der Waals surface area contributed by atoms with Crippen molar-refractivity contribution in [2.75, 3.05) is 11.9 Å². The number of carboxylic acid groups (broad SMARTS) is 1. The van der Waals surface area contributed by atoms with E-state index in [9.17, 15) is 4.79 Å². The van der Waals surface area contributed by atoms with E-state index in [0.29, 0.717) is 12.0 Å². The van der Waals surface area contributed by atoms with E-state index in [1.807, 2.05) is 4.57 Å². The van der Waals surface area contributed by atoms with Crippen molar-refractivity contribution < 1.29 is 9.90 Å². The number of anilines is 1. The summed E-state index contributed by atoms with van der Waals surface area (Å²) < 4.78 is 2.04. The summed E-state index contributed by atoms with van der Waals surface area (Å²) in [7, 11) is 0. The Morgan fingerprint density at radius 3 is 2.88 bits per heavy atom. The number of carbonyl (C=O) groups is 1. The van der Waals surface area contributed by atoms with Gasteiger partial charge in [-0.1, -0.05) is 12.8 Å². The lowest BCUT2D eigenvalue weighted by Crippen LogP contribution is -2.27. The summed E-state index contributed by atoms with van der Waals surface area (Å²) >= 11 is 0. The molecular formula is C12H17N3O2. The van der Waals surface area contributed by atoms with E-state index in [-0.39, 0.29) is 5.69 Å². The Balaban J connectivity index is 1.92. The van der Waals surface area contributed by atoms with Crippen LogP contribution in [0.25, 0.3) is 0 Å². The SMILES string of the molecule is O=C(O)c1cn2c(n1)NCCC2C1CCCC1. The van der Waals surface area contributed by atoms with Crippen molar-refractivity contribution in [3.8, 4) is 0 Å². The molecule has 17 heavy (non-hydrogen) atoms. The third-order valence-corrected chi connectivity index (χ3v) is 3.98. The number of hydrogen-bond donors (Lipinski definition) is 2. The highest BCUT2D eigenvalue weighted by molar-refractivity contribution is 5.85. The number of hydrogen-bond acceptors (Lipinski definition) is 3. The molecule has 3 rings (SSSR count). The van der Waals surface area contributed by atoms with Crippen molar-refractivity contribution in [3.63, 3.8) is 0 Å². The minimum absolute atomic E-state index is 0.150. The molecule has 1 atom stereocenters. The van der Waals surface area contributed by atoms with Gasteiger partial charge in [-0.25, -0.2) is 9.78 Å². The third kappa shape index (κ3) is 1.79. The second-order valence-corrected chi connectivity index (χ2v) is 4.99. The van der Waals surface area contributed by atoms with Crippen LogP contribution in [0.15, 0.2) is 6.20 Å². The molecule has 2 aliphatic rings. The lowest BCUT2D eigenvalue weighted by atomic mass is 9.94. The Morgan fingerprint density at radius 2 is 2.18 bits per heavy atom. The lowest BCUT2D eigenvalue weighted by molar-refractivity contribution is 0.0691. The predicted octanol–water partition coefficient (Wildman–Crippen LogP) is 2.13. The quantitative estimate of drug-likeness (QED) is 0.824. The fraction of sp³-hybridized carbons (Fsp3) is 0.667. The van der Waals surface area contributed by atoms with E-state index >= 15 is 0 Å². The van der Waals surface area contributed by atoms with Gasteiger partial charge in [-0.2, -0.15) is 0 Å². The number of nitrogens with one attached hydrogen (secondary N) is 1. The second kappa shape index (κ2) is 4.05. The lowest BCUT2D eigenvalue weighted by Gasteiger charge is -2.30. The Morgan fingerprint density at radius 1 is 1.41 bits per heavy atom. The van der Waals surface area contributed by atoms with Gasteiger partial charge in [0.1, 0.15) is 0 Å². The molecule has 92 valence electrons. The van der Waals surface area contributed by atoms with Crippen LogP contribution >= 0.6 is 0 Å². The molecule has 0 amide bonds. The number of fused-ring (bicyclic) bond motifs is 1. The van der Waals surface area contributed by atoms with Gasteiger partial charge in [0.25, 0.3) is 0 Å². The average molecular weight is 235 g/mol. The van der Waals surface area contributed by atoms with Crippen LogP contribution in [0, 0.1) is 5.92 Å². The van der Waals surface area contributed by atoms with Gasteiger partial charge in [0, 0.05) is 18.8 Å². The van der Waals surface area contributed by atoms with Gasteiger partial charge in [0.05, 0.1) is 0 Å². The highest BCUT2D eigenvalue weighted by atomic mass is 16.4. The summed E-state index contributed by atoms with van der Waals surface area (Å²) in [6, 6.07) is 0.439. The fourth-order valence-electron chi connectivity index (χ4n) is 3.16. The highest BCUT2D eigenvalue weighted by Crippen LogP contribution is 2.39. The summed E-state index contributed by atoms with van der Waals surface area (Å²) in [6.45, 7) is 0.900. The molecule has 1 fully saturated rings. The largest absolute Gasteiger partial charge is 0.476 e. The topological polar surface area (TPSA) is 67.1 Å². The maximum Gasteiger partial charge on any atom is 0.356 e. The molecule has 0 aromatic carbocycles. The minimum atomic E-state index is -0.945. The van der Waals surface area contributed by atoms with Crippen molar-refractivity contribution >= 4 is 11.9 Å². The standard InChI is InChI=1S/C12H17N3O2/c16-11(17)9-7-15-10(8-3-1-2-4-8)5-6-13-12(15)14-9/h7-8,10H,1-6H2,(H,13,14)(H,16,17). The van der Waals surface area contributed by atoms with Crippen LogP contribution in [0.4, 0.5) is 5.95 Å². The molecule has 2 heterocycles. The molecular weight excluding hydrogens is 218 g/mol. The second-order valence-electron chi connectivity index (χ2n) is 4.99. The predicted molar refractivity (Wildman–Crippen MR) is 63.3 cm³/mol. The first kappa shape index (κ1) is 10.6. The maximum absolute atomic E-state index is 10.9. The van der Waals surface area contributed by atoms with E-state index in [0.717, 1.165) is 18.9 Å². The maximum atomic E-state index is 10.9. The molecule has 0 bridgehead atoms. The van der Waals surface area contributed by atoms with Gasteiger partial charge in [-0.3, -0.25) is 0 Å². The number of imidazole rings is 1. The van der Waals surface area contributed by atoms with Crippen LogP contribution in [0.2, 0.25) is 0 Å². The number of aromatic carboxylic acids is 1. The van der Waals surface area contributed by atoms with Crippen molar-refractivity contribution in [1.29, 1.82) is 0 Å². The Hall–Kier alpha value is -1.52. The van der Waals surface area contributed by atoms with Gasteiger partial charge in [0.2, 0.25) is 5.95 Å².